The number of hydrogen-bond donors (Lipinski definition) is 0. The number of ether oxygens (including phenoxy) is 1. The Balaban J connectivity index is 3.35. The van der Waals surface area contributed by atoms with Crippen molar-refractivity contribution in [3.8, 4) is 5.75 Å². The van der Waals surface area contributed by atoms with Crippen molar-refractivity contribution in [3.63, 3.8) is 0 Å². The highest BCUT2D eigenvalue weighted by molar-refractivity contribution is 9.09. The van der Waals surface area contributed by atoms with Gasteiger partial charge in [-0.1, -0.05) is 27.5 Å². The van der Waals surface area contributed by atoms with Crippen molar-refractivity contribution in [2.24, 2.45) is 0 Å². The summed E-state index contributed by atoms with van der Waals surface area (Å²) in [6, 6.07) is 2.53. The van der Waals surface area contributed by atoms with Gasteiger partial charge in [-0.3, -0.25) is 4.79 Å². The van der Waals surface area contributed by atoms with Gasteiger partial charge in [0, 0.05) is 0 Å². The minimum atomic E-state index is -0.628. The lowest BCUT2D eigenvalue weighted by molar-refractivity contribution is 0.102. The molecule has 0 fully saturated rings. The second-order valence-electron chi connectivity index (χ2n) is 2.50. The van der Waals surface area contributed by atoms with Gasteiger partial charge in [0.05, 0.1) is 23.0 Å². The fourth-order valence-electron chi connectivity index (χ4n) is 1.03. The second-order valence-corrected chi connectivity index (χ2v) is 3.43. The lowest BCUT2D eigenvalue weighted by atomic mass is 10.1. The molecule has 0 heterocycles. The van der Waals surface area contributed by atoms with Gasteiger partial charge in [0.2, 0.25) is 0 Å². The molecule has 1 rings (SSSR count). The number of alkyl halides is 1. The van der Waals surface area contributed by atoms with E-state index in [-0.39, 0.29) is 27.4 Å². The quantitative estimate of drug-likeness (QED) is 0.629. The zero-order valence-electron chi connectivity index (χ0n) is 7.31. The molecular weight excluding hydrogens is 274 g/mol. The highest BCUT2D eigenvalue weighted by Crippen LogP contribution is 2.29. The first-order chi connectivity index (χ1) is 6.61. The van der Waals surface area contributed by atoms with Crippen molar-refractivity contribution < 1.29 is 13.9 Å². The Morgan fingerprint density at radius 2 is 2.29 bits per heavy atom. The standard InChI is InChI=1S/C9H7BrClFO2/c1-14-7-3-2-5(12)9(11)8(7)6(13)4-10/h2-3H,4H2,1H3. The van der Waals surface area contributed by atoms with E-state index in [1.165, 1.54) is 13.2 Å². The van der Waals surface area contributed by atoms with E-state index in [2.05, 4.69) is 15.9 Å². The molecule has 1 aromatic rings. The fourth-order valence-corrected chi connectivity index (χ4v) is 1.57. The van der Waals surface area contributed by atoms with Crippen LogP contribution < -0.4 is 4.74 Å². The molecule has 76 valence electrons. The van der Waals surface area contributed by atoms with Crippen LogP contribution in [-0.2, 0) is 0 Å². The number of benzene rings is 1. The van der Waals surface area contributed by atoms with E-state index >= 15 is 0 Å². The fraction of sp³-hybridized carbons (Fsp3) is 0.222. The molecule has 0 N–H and O–H groups in total. The Labute approximate surface area is 94.1 Å². The van der Waals surface area contributed by atoms with Crippen LogP contribution in [0.1, 0.15) is 10.4 Å². The van der Waals surface area contributed by atoms with Crippen molar-refractivity contribution in [2.75, 3.05) is 12.4 Å². The van der Waals surface area contributed by atoms with Crippen molar-refractivity contribution in [1.29, 1.82) is 0 Å². The van der Waals surface area contributed by atoms with Gasteiger partial charge < -0.3 is 4.74 Å². The maximum absolute atomic E-state index is 13.0. The Morgan fingerprint density at radius 3 is 2.79 bits per heavy atom. The Morgan fingerprint density at radius 1 is 1.64 bits per heavy atom. The van der Waals surface area contributed by atoms with Crippen LogP contribution >= 0.6 is 27.5 Å². The van der Waals surface area contributed by atoms with Crippen molar-refractivity contribution in [1.82, 2.24) is 0 Å². The molecular formula is C9H7BrClFO2. The van der Waals surface area contributed by atoms with E-state index in [0.717, 1.165) is 6.07 Å². The summed E-state index contributed by atoms with van der Waals surface area (Å²) in [5.41, 5.74) is 0.0750. The second kappa shape index (κ2) is 4.75. The van der Waals surface area contributed by atoms with Gasteiger partial charge in [-0.25, -0.2) is 4.39 Å². The number of hydrogen-bond acceptors (Lipinski definition) is 2. The third kappa shape index (κ3) is 2.07. The lowest BCUT2D eigenvalue weighted by Gasteiger charge is -2.08. The van der Waals surface area contributed by atoms with Crippen LogP contribution in [0.5, 0.6) is 5.75 Å². The molecule has 0 atom stereocenters. The van der Waals surface area contributed by atoms with Gasteiger partial charge in [-0.2, -0.15) is 0 Å². The van der Waals surface area contributed by atoms with Crippen LogP contribution in [-0.4, -0.2) is 18.2 Å². The molecule has 0 saturated carbocycles. The maximum atomic E-state index is 13.0. The van der Waals surface area contributed by atoms with Crippen LogP contribution in [0, 0.1) is 5.82 Å². The molecule has 14 heavy (non-hydrogen) atoms. The van der Waals surface area contributed by atoms with Gasteiger partial charge in [-0.15, -0.1) is 0 Å². The average molecular weight is 282 g/mol. The molecule has 0 amide bonds. The van der Waals surface area contributed by atoms with E-state index in [1.807, 2.05) is 0 Å². The summed E-state index contributed by atoms with van der Waals surface area (Å²) in [6.45, 7) is 0. The molecule has 0 spiro atoms. The Bertz CT molecular complexity index is 368. The first-order valence-electron chi connectivity index (χ1n) is 3.73. The number of carbonyl (C=O) groups is 1. The smallest absolute Gasteiger partial charge is 0.178 e. The molecule has 0 aromatic heterocycles. The van der Waals surface area contributed by atoms with Crippen molar-refractivity contribution in [2.45, 2.75) is 0 Å². The molecule has 0 aliphatic rings. The van der Waals surface area contributed by atoms with Crippen molar-refractivity contribution in [3.05, 3.63) is 28.5 Å². The van der Waals surface area contributed by atoms with Crippen LogP contribution in [0.3, 0.4) is 0 Å². The van der Waals surface area contributed by atoms with E-state index in [9.17, 15) is 9.18 Å². The molecule has 0 unspecified atom stereocenters. The van der Waals surface area contributed by atoms with Gasteiger partial charge in [-0.05, 0) is 12.1 Å². The predicted molar refractivity (Wildman–Crippen MR) is 56.1 cm³/mol. The number of rotatable bonds is 3. The summed E-state index contributed by atoms with van der Waals surface area (Å²) in [6.07, 6.45) is 0. The van der Waals surface area contributed by atoms with Gasteiger partial charge in [0.15, 0.2) is 5.78 Å². The van der Waals surface area contributed by atoms with Crippen LogP contribution in [0.2, 0.25) is 5.02 Å². The lowest BCUT2D eigenvalue weighted by Crippen LogP contribution is -2.05. The number of halogens is 3. The molecule has 5 heteroatoms. The van der Waals surface area contributed by atoms with E-state index in [1.54, 1.807) is 0 Å². The molecule has 0 aliphatic heterocycles. The van der Waals surface area contributed by atoms with Crippen molar-refractivity contribution >= 4 is 33.3 Å². The number of methoxy groups -OCH3 is 1. The van der Waals surface area contributed by atoms with Gasteiger partial charge in [0.25, 0.3) is 0 Å². The zero-order valence-corrected chi connectivity index (χ0v) is 9.65. The SMILES string of the molecule is COc1ccc(F)c(Cl)c1C(=O)CBr. The molecule has 0 radical (unpaired) electrons. The summed E-state index contributed by atoms with van der Waals surface area (Å²) in [7, 11) is 1.40. The topological polar surface area (TPSA) is 26.3 Å². The molecule has 1 aromatic carbocycles. The third-order valence-corrected chi connectivity index (χ3v) is 2.56. The molecule has 2 nitrogen and oxygen atoms in total. The normalized spacial score (nSPS) is 10.0. The zero-order chi connectivity index (χ0) is 10.7. The van der Waals surface area contributed by atoms with E-state index in [0.29, 0.717) is 0 Å². The molecule has 0 aliphatic carbocycles. The Hall–Kier alpha value is -0.610. The first-order valence-corrected chi connectivity index (χ1v) is 5.23. The van der Waals surface area contributed by atoms with Crippen LogP contribution in [0.4, 0.5) is 4.39 Å². The number of ketones is 1. The summed E-state index contributed by atoms with van der Waals surface area (Å²) < 4.78 is 17.9. The molecule has 0 bridgehead atoms. The monoisotopic (exact) mass is 280 g/mol. The highest BCUT2D eigenvalue weighted by Gasteiger charge is 2.18. The van der Waals surface area contributed by atoms with E-state index < -0.39 is 5.82 Å². The summed E-state index contributed by atoms with van der Waals surface area (Å²) in [5.74, 6) is -0.663. The minimum Gasteiger partial charge on any atom is -0.496 e. The maximum Gasteiger partial charge on any atom is 0.178 e. The van der Waals surface area contributed by atoms with Crippen LogP contribution in [0.25, 0.3) is 0 Å². The van der Waals surface area contributed by atoms with E-state index in [4.69, 9.17) is 16.3 Å². The van der Waals surface area contributed by atoms with Crippen LogP contribution in [0.15, 0.2) is 12.1 Å². The largest absolute Gasteiger partial charge is 0.496 e. The number of Topliss-reactive ketones (excluding diaryl/α,β-unsaturated/α-hetero) is 1. The Kier molecular flexibility index (Phi) is 3.89. The van der Waals surface area contributed by atoms with Gasteiger partial charge >= 0.3 is 0 Å². The summed E-state index contributed by atoms with van der Waals surface area (Å²) in [4.78, 5) is 11.4. The summed E-state index contributed by atoms with van der Waals surface area (Å²) in [5, 5.41) is -0.124. The third-order valence-electron chi connectivity index (χ3n) is 1.68. The highest BCUT2D eigenvalue weighted by atomic mass is 79.9. The average Bonchev–Trinajstić information content (AvgIpc) is 2.20. The number of carbonyl (C=O) groups excluding carboxylic acids is 1. The predicted octanol–water partition coefficient (Wildman–Crippen LogP) is 3.07. The minimum absolute atomic E-state index is 0.0750. The molecule has 0 saturated heterocycles. The summed E-state index contributed by atoms with van der Waals surface area (Å²) >= 11 is 8.64. The first kappa shape index (κ1) is 11.5. The van der Waals surface area contributed by atoms with Gasteiger partial charge in [0.1, 0.15) is 11.6 Å².